The van der Waals surface area contributed by atoms with E-state index in [0.29, 0.717) is 28.6 Å². The lowest BCUT2D eigenvalue weighted by Crippen LogP contribution is -2.13. The molecule has 3 aromatic rings. The molecule has 0 fully saturated rings. The van der Waals surface area contributed by atoms with E-state index in [9.17, 15) is 4.79 Å². The van der Waals surface area contributed by atoms with Gasteiger partial charge in [-0.15, -0.1) is 0 Å². The van der Waals surface area contributed by atoms with E-state index in [0.717, 1.165) is 17.5 Å². The Kier molecular flexibility index (Phi) is 5.53. The van der Waals surface area contributed by atoms with Crippen LogP contribution in [0.15, 0.2) is 49.1 Å². The lowest BCUT2D eigenvalue weighted by molar-refractivity contribution is 0.102. The summed E-state index contributed by atoms with van der Waals surface area (Å²) in [5.74, 6) is 0.299. The number of benzene rings is 1. The summed E-state index contributed by atoms with van der Waals surface area (Å²) in [6.45, 7) is 2.58. The third kappa shape index (κ3) is 4.21. The van der Waals surface area contributed by atoms with Crippen molar-refractivity contribution >= 4 is 23.2 Å². The van der Waals surface area contributed by atoms with Crippen LogP contribution in [0.2, 0.25) is 5.02 Å². The summed E-state index contributed by atoms with van der Waals surface area (Å²) in [5.41, 5.74) is 2.68. The number of ether oxygens (including phenoxy) is 1. The van der Waals surface area contributed by atoms with Crippen molar-refractivity contribution in [2.45, 2.75) is 13.3 Å². The maximum atomic E-state index is 12.7. The zero-order valence-electron chi connectivity index (χ0n) is 14.6. The summed E-state index contributed by atoms with van der Waals surface area (Å²) < 4.78 is 7.37. The van der Waals surface area contributed by atoms with Crippen LogP contribution in [-0.4, -0.2) is 27.3 Å². The van der Waals surface area contributed by atoms with Gasteiger partial charge >= 0.3 is 0 Å². The molecule has 0 atom stereocenters. The Morgan fingerprint density at radius 2 is 2.08 bits per heavy atom. The molecule has 0 unspecified atom stereocenters. The molecule has 1 aromatic carbocycles. The van der Waals surface area contributed by atoms with Gasteiger partial charge in [0.25, 0.3) is 5.91 Å². The van der Waals surface area contributed by atoms with Crippen molar-refractivity contribution in [2.24, 2.45) is 7.05 Å². The molecule has 0 saturated carbocycles. The van der Waals surface area contributed by atoms with Crippen LogP contribution in [0.4, 0.5) is 5.69 Å². The summed E-state index contributed by atoms with van der Waals surface area (Å²) >= 11 is 6.06. The maximum Gasteiger partial charge on any atom is 0.257 e. The van der Waals surface area contributed by atoms with Crippen molar-refractivity contribution in [2.75, 3.05) is 11.9 Å². The number of hydrogen-bond acceptors (Lipinski definition) is 4. The topological polar surface area (TPSA) is 69.0 Å². The van der Waals surface area contributed by atoms with E-state index < -0.39 is 0 Å². The van der Waals surface area contributed by atoms with E-state index in [2.05, 4.69) is 15.4 Å². The molecule has 6 nitrogen and oxygen atoms in total. The highest BCUT2D eigenvalue weighted by atomic mass is 35.5. The molecule has 26 heavy (non-hydrogen) atoms. The minimum absolute atomic E-state index is 0.285. The SMILES string of the molecule is CCCOc1ccc(Cl)cc1NC(=O)c1cncc(-c2cnn(C)c2)c1. The quantitative estimate of drug-likeness (QED) is 0.706. The molecule has 2 aromatic heterocycles. The number of amides is 1. The maximum absolute atomic E-state index is 12.7. The van der Waals surface area contributed by atoms with E-state index in [-0.39, 0.29) is 5.91 Å². The third-order valence-electron chi connectivity index (χ3n) is 3.69. The van der Waals surface area contributed by atoms with Gasteiger partial charge in [-0.3, -0.25) is 14.5 Å². The van der Waals surface area contributed by atoms with E-state index in [4.69, 9.17) is 16.3 Å². The number of nitrogens with zero attached hydrogens (tertiary/aromatic N) is 3. The Labute approximate surface area is 156 Å². The van der Waals surface area contributed by atoms with Crippen LogP contribution in [-0.2, 0) is 7.05 Å². The molecular weight excluding hydrogens is 352 g/mol. The van der Waals surface area contributed by atoms with E-state index in [1.54, 1.807) is 41.3 Å². The van der Waals surface area contributed by atoms with Crippen molar-refractivity contribution < 1.29 is 9.53 Å². The van der Waals surface area contributed by atoms with Crippen molar-refractivity contribution in [3.05, 3.63) is 59.6 Å². The van der Waals surface area contributed by atoms with Gasteiger partial charge in [-0.05, 0) is 30.7 Å². The van der Waals surface area contributed by atoms with Gasteiger partial charge in [-0.1, -0.05) is 18.5 Å². The van der Waals surface area contributed by atoms with Gasteiger partial charge in [0.2, 0.25) is 0 Å². The molecule has 0 saturated heterocycles. The van der Waals surface area contributed by atoms with Gasteiger partial charge in [0, 0.05) is 41.8 Å². The molecule has 0 aliphatic rings. The van der Waals surface area contributed by atoms with Crippen molar-refractivity contribution in [3.8, 4) is 16.9 Å². The first-order chi connectivity index (χ1) is 12.6. The second kappa shape index (κ2) is 8.01. The minimum atomic E-state index is -0.285. The van der Waals surface area contributed by atoms with E-state index >= 15 is 0 Å². The third-order valence-corrected chi connectivity index (χ3v) is 3.93. The Morgan fingerprint density at radius 3 is 2.81 bits per heavy atom. The predicted octanol–water partition coefficient (Wildman–Crippen LogP) is 4.18. The molecule has 0 radical (unpaired) electrons. The van der Waals surface area contributed by atoms with Crippen LogP contribution in [0, 0.1) is 0 Å². The molecule has 134 valence electrons. The van der Waals surface area contributed by atoms with Crippen LogP contribution in [0.5, 0.6) is 5.75 Å². The number of anilines is 1. The normalized spacial score (nSPS) is 10.6. The predicted molar refractivity (Wildman–Crippen MR) is 102 cm³/mol. The molecule has 0 spiro atoms. The number of aromatic nitrogens is 3. The largest absolute Gasteiger partial charge is 0.491 e. The summed E-state index contributed by atoms with van der Waals surface area (Å²) in [6.07, 6.45) is 7.68. The number of nitrogens with one attached hydrogen (secondary N) is 1. The molecule has 3 rings (SSSR count). The average molecular weight is 371 g/mol. The number of pyridine rings is 1. The van der Waals surface area contributed by atoms with Gasteiger partial charge in [0.15, 0.2) is 0 Å². The Hall–Kier alpha value is -2.86. The van der Waals surface area contributed by atoms with Crippen molar-refractivity contribution in [1.29, 1.82) is 0 Å². The Bertz CT molecular complexity index is 923. The monoisotopic (exact) mass is 370 g/mol. The highest BCUT2D eigenvalue weighted by molar-refractivity contribution is 6.31. The number of aryl methyl sites for hydroxylation is 1. The van der Waals surface area contributed by atoms with E-state index in [1.165, 1.54) is 6.20 Å². The van der Waals surface area contributed by atoms with Gasteiger partial charge in [-0.25, -0.2) is 0 Å². The summed E-state index contributed by atoms with van der Waals surface area (Å²) in [7, 11) is 1.84. The fourth-order valence-electron chi connectivity index (χ4n) is 2.42. The second-order valence-electron chi connectivity index (χ2n) is 5.81. The van der Waals surface area contributed by atoms with Gasteiger partial charge in [0.1, 0.15) is 5.75 Å². The zero-order valence-corrected chi connectivity index (χ0v) is 15.3. The Morgan fingerprint density at radius 1 is 1.23 bits per heavy atom. The number of rotatable bonds is 6. The molecule has 0 aliphatic carbocycles. The first-order valence-corrected chi connectivity index (χ1v) is 8.62. The lowest BCUT2D eigenvalue weighted by atomic mass is 10.1. The molecule has 0 aliphatic heterocycles. The first-order valence-electron chi connectivity index (χ1n) is 8.24. The average Bonchev–Trinajstić information content (AvgIpc) is 3.08. The lowest BCUT2D eigenvalue weighted by Gasteiger charge is -2.12. The second-order valence-corrected chi connectivity index (χ2v) is 6.24. The van der Waals surface area contributed by atoms with Gasteiger partial charge in [0.05, 0.1) is 24.1 Å². The minimum Gasteiger partial charge on any atom is -0.491 e. The van der Waals surface area contributed by atoms with Crippen LogP contribution < -0.4 is 10.1 Å². The highest BCUT2D eigenvalue weighted by Gasteiger charge is 2.13. The summed E-state index contributed by atoms with van der Waals surface area (Å²) in [4.78, 5) is 16.8. The summed E-state index contributed by atoms with van der Waals surface area (Å²) in [5, 5.41) is 7.51. The molecule has 0 bridgehead atoms. The molecule has 7 heteroatoms. The highest BCUT2D eigenvalue weighted by Crippen LogP contribution is 2.29. The number of hydrogen-bond donors (Lipinski definition) is 1. The Balaban J connectivity index is 1.83. The van der Waals surface area contributed by atoms with Crippen molar-refractivity contribution in [3.63, 3.8) is 0 Å². The summed E-state index contributed by atoms with van der Waals surface area (Å²) in [6, 6.07) is 6.92. The standard InChI is InChI=1S/C19H19ClN4O2/c1-3-6-26-18-5-4-16(20)8-17(18)23-19(25)14-7-13(9-21-10-14)15-11-22-24(2)12-15/h4-5,7-12H,3,6H2,1-2H3,(H,23,25). The molecule has 1 N–H and O–H groups in total. The molecule has 1 amide bonds. The van der Waals surface area contributed by atoms with Crippen LogP contribution in [0.3, 0.4) is 0 Å². The fourth-order valence-corrected chi connectivity index (χ4v) is 2.60. The first kappa shape index (κ1) is 17.9. The van der Waals surface area contributed by atoms with Crippen LogP contribution >= 0.6 is 11.6 Å². The van der Waals surface area contributed by atoms with Gasteiger partial charge in [-0.2, -0.15) is 5.10 Å². The zero-order chi connectivity index (χ0) is 18.5. The number of halogens is 1. The van der Waals surface area contributed by atoms with Crippen LogP contribution in [0.1, 0.15) is 23.7 Å². The molecular formula is C19H19ClN4O2. The smallest absolute Gasteiger partial charge is 0.257 e. The van der Waals surface area contributed by atoms with E-state index in [1.807, 2.05) is 20.2 Å². The van der Waals surface area contributed by atoms with Crippen LogP contribution in [0.25, 0.3) is 11.1 Å². The van der Waals surface area contributed by atoms with Gasteiger partial charge < -0.3 is 10.1 Å². The number of carbonyl (C=O) groups excluding carboxylic acids is 1. The molecule has 2 heterocycles. The number of carbonyl (C=O) groups is 1. The van der Waals surface area contributed by atoms with Crippen molar-refractivity contribution in [1.82, 2.24) is 14.8 Å². The fraction of sp³-hybridized carbons (Fsp3) is 0.211.